The fraction of sp³-hybridized carbons (Fsp3) is 0. The summed E-state index contributed by atoms with van der Waals surface area (Å²) in [4.78, 5) is 3.62. The summed E-state index contributed by atoms with van der Waals surface area (Å²) in [5.74, 6) is 0. The van der Waals surface area contributed by atoms with E-state index in [-0.39, 0.29) is 37.7 Å². The van der Waals surface area contributed by atoms with Gasteiger partial charge in [0, 0.05) is 18.9 Å². The summed E-state index contributed by atoms with van der Waals surface area (Å²) in [6.07, 6.45) is 1.71. The van der Waals surface area contributed by atoms with Crippen LogP contribution in [0.5, 0.6) is 0 Å². The van der Waals surface area contributed by atoms with Gasteiger partial charge in [0.1, 0.15) is 0 Å². The summed E-state index contributed by atoms with van der Waals surface area (Å²) in [5.41, 5.74) is 2.65. The molecular formula is C3H2Li2NS. The molecule has 0 saturated carbocycles. The number of aromatic nitrogens is 1. The van der Waals surface area contributed by atoms with Crippen molar-refractivity contribution in [3.8, 4) is 0 Å². The van der Waals surface area contributed by atoms with Gasteiger partial charge < -0.3 is 4.98 Å². The first-order valence-corrected chi connectivity index (χ1v) is 2.13. The van der Waals surface area contributed by atoms with Crippen LogP contribution in [0.15, 0.2) is 11.6 Å². The van der Waals surface area contributed by atoms with Crippen molar-refractivity contribution in [3.05, 3.63) is 17.1 Å². The first-order chi connectivity index (χ1) is 2.50. The van der Waals surface area contributed by atoms with Gasteiger partial charge in [0.2, 0.25) is 0 Å². The fourth-order valence-corrected chi connectivity index (χ4v) is 0.456. The van der Waals surface area contributed by atoms with Crippen molar-refractivity contribution < 1.29 is 18.9 Å². The van der Waals surface area contributed by atoms with Gasteiger partial charge in [-0.05, 0) is 5.51 Å². The van der Waals surface area contributed by atoms with Gasteiger partial charge in [0.25, 0.3) is 0 Å². The minimum atomic E-state index is 0. The number of thiazole rings is 1. The number of hydrogen-bond acceptors (Lipinski definition) is 2. The molecule has 4 heteroatoms. The second-order valence-electron chi connectivity index (χ2n) is 0.623. The molecule has 1 aromatic rings. The zero-order chi connectivity index (χ0) is 3.54. The van der Waals surface area contributed by atoms with Crippen LogP contribution in [0.3, 0.4) is 0 Å². The maximum atomic E-state index is 3.62. The zero-order valence-corrected chi connectivity index (χ0v) is 5.33. The Labute approximate surface area is 70.9 Å². The molecule has 0 bridgehead atoms. The van der Waals surface area contributed by atoms with Crippen molar-refractivity contribution in [2.24, 2.45) is 0 Å². The van der Waals surface area contributed by atoms with E-state index in [2.05, 4.69) is 10.5 Å². The van der Waals surface area contributed by atoms with Gasteiger partial charge in [0.05, 0.1) is 0 Å². The standard InChI is InChI=1S/C3H2NS.2Li/c1-2-5-3-4-1;;/h1-2H;;/q-1;;+1. The Kier molecular flexibility index (Phi) is 10.5. The predicted octanol–water partition coefficient (Wildman–Crippen LogP) is -2.43. The Hall–Kier alpha value is 0.825. The third-order valence-corrected chi connectivity index (χ3v) is 0.777. The fourth-order valence-electron chi connectivity index (χ4n) is 0.152. The molecule has 1 radical (unpaired) electrons. The Balaban J connectivity index is 0. The van der Waals surface area contributed by atoms with Crippen molar-refractivity contribution >= 4 is 30.2 Å². The van der Waals surface area contributed by atoms with Crippen LogP contribution in [-0.4, -0.2) is 23.8 Å². The van der Waals surface area contributed by atoms with Crippen LogP contribution in [-0.2, 0) is 0 Å². The monoisotopic (exact) mass is 98.0 g/mol. The van der Waals surface area contributed by atoms with E-state index in [4.69, 9.17) is 0 Å². The summed E-state index contributed by atoms with van der Waals surface area (Å²) < 4.78 is 0. The molecule has 0 spiro atoms. The zero-order valence-electron chi connectivity index (χ0n) is 4.51. The number of hydrogen-bond donors (Lipinski definition) is 0. The van der Waals surface area contributed by atoms with E-state index in [1.165, 1.54) is 11.3 Å². The average molecular weight is 98.0 g/mol. The van der Waals surface area contributed by atoms with Crippen LogP contribution in [0.2, 0.25) is 0 Å². The molecule has 27 valence electrons. The third kappa shape index (κ3) is 4.68. The van der Waals surface area contributed by atoms with Crippen molar-refractivity contribution in [1.82, 2.24) is 4.98 Å². The molecule has 0 N–H and O–H groups in total. The van der Waals surface area contributed by atoms with Gasteiger partial charge in [-0.2, -0.15) is 0 Å². The molecule has 1 heterocycles. The Morgan fingerprint density at radius 2 is 2.29 bits per heavy atom. The van der Waals surface area contributed by atoms with Gasteiger partial charge in [-0.15, -0.1) is 11.6 Å². The normalized spacial score (nSPS) is 5.71. The molecule has 0 aliphatic carbocycles. The molecule has 0 atom stereocenters. The number of rotatable bonds is 0. The first-order valence-electron chi connectivity index (χ1n) is 1.25. The minimum absolute atomic E-state index is 0. The van der Waals surface area contributed by atoms with E-state index in [0.29, 0.717) is 0 Å². The predicted molar refractivity (Wildman–Crippen MR) is 26.7 cm³/mol. The molecule has 0 fully saturated rings. The summed E-state index contributed by atoms with van der Waals surface area (Å²) in [7, 11) is 0. The number of nitrogens with zero attached hydrogens (tertiary/aromatic N) is 1. The van der Waals surface area contributed by atoms with Gasteiger partial charge >= 0.3 is 18.9 Å². The van der Waals surface area contributed by atoms with E-state index in [1.807, 2.05) is 5.38 Å². The first kappa shape index (κ1) is 10.7. The smallest absolute Gasteiger partial charge is 0.394 e. The van der Waals surface area contributed by atoms with Crippen LogP contribution < -0.4 is 18.9 Å². The minimum Gasteiger partial charge on any atom is -0.394 e. The van der Waals surface area contributed by atoms with Crippen LogP contribution >= 0.6 is 11.3 Å². The van der Waals surface area contributed by atoms with Crippen LogP contribution in [0, 0.1) is 5.51 Å². The van der Waals surface area contributed by atoms with Gasteiger partial charge in [-0.3, -0.25) is 11.3 Å². The molecule has 1 aromatic heterocycles. The molecule has 0 aliphatic heterocycles. The van der Waals surface area contributed by atoms with Gasteiger partial charge in [-0.25, -0.2) is 0 Å². The maximum absolute atomic E-state index is 3.62. The molecule has 0 amide bonds. The van der Waals surface area contributed by atoms with E-state index in [0.717, 1.165) is 0 Å². The third-order valence-electron chi connectivity index (χ3n) is 0.309. The summed E-state index contributed by atoms with van der Waals surface area (Å²) in [6, 6.07) is 0. The van der Waals surface area contributed by atoms with E-state index < -0.39 is 0 Å². The summed E-state index contributed by atoms with van der Waals surface area (Å²) in [6.45, 7) is 0. The van der Waals surface area contributed by atoms with Crippen LogP contribution in [0.4, 0.5) is 0 Å². The van der Waals surface area contributed by atoms with Gasteiger partial charge in [0.15, 0.2) is 0 Å². The molecule has 1 rings (SSSR count). The SMILES string of the molecule is [Li+].[Li].[c-]1nccs1. The molecule has 0 saturated heterocycles. The molecule has 7 heavy (non-hydrogen) atoms. The summed E-state index contributed by atoms with van der Waals surface area (Å²) >= 11 is 1.48. The molecule has 1 nitrogen and oxygen atoms in total. The van der Waals surface area contributed by atoms with Crippen molar-refractivity contribution in [2.45, 2.75) is 0 Å². The quantitative estimate of drug-likeness (QED) is 0.259. The Morgan fingerprint density at radius 3 is 2.43 bits per heavy atom. The van der Waals surface area contributed by atoms with Crippen molar-refractivity contribution in [2.75, 3.05) is 0 Å². The van der Waals surface area contributed by atoms with Crippen LogP contribution in [0.25, 0.3) is 0 Å². The topological polar surface area (TPSA) is 12.9 Å². The van der Waals surface area contributed by atoms with Gasteiger partial charge in [-0.1, -0.05) is 0 Å². The molecule has 0 aromatic carbocycles. The van der Waals surface area contributed by atoms with Crippen molar-refractivity contribution in [1.29, 1.82) is 0 Å². The largest absolute Gasteiger partial charge is 1.00 e. The van der Waals surface area contributed by atoms with E-state index in [1.54, 1.807) is 6.20 Å². The average Bonchev–Trinajstić information content (AvgIpc) is 1.76. The van der Waals surface area contributed by atoms with E-state index in [9.17, 15) is 0 Å². The molecule has 0 aliphatic rings. The second-order valence-corrected chi connectivity index (χ2v) is 1.31. The molecule has 0 unspecified atom stereocenters. The Bertz CT molecular complexity index is 69.4. The second kappa shape index (κ2) is 6.82. The summed E-state index contributed by atoms with van der Waals surface area (Å²) in [5, 5.41) is 1.88. The van der Waals surface area contributed by atoms with Crippen molar-refractivity contribution in [3.63, 3.8) is 0 Å². The van der Waals surface area contributed by atoms with Crippen LogP contribution in [0.1, 0.15) is 0 Å². The molecular weight excluding hydrogens is 96.0 g/mol. The van der Waals surface area contributed by atoms with E-state index >= 15 is 0 Å². The Morgan fingerprint density at radius 1 is 1.57 bits per heavy atom. The maximum Gasteiger partial charge on any atom is 1.00 e.